The molecule has 2 saturated heterocycles. The maximum atomic E-state index is 14.6. The second kappa shape index (κ2) is 9.65. The van der Waals surface area contributed by atoms with E-state index < -0.39 is 0 Å². The number of carbonyl (C=O) groups excluding carboxylic acids is 2. The van der Waals surface area contributed by atoms with Crippen LogP contribution in [0.4, 0.5) is 15.8 Å². The zero-order valence-corrected chi connectivity index (χ0v) is 19.7. The van der Waals surface area contributed by atoms with E-state index in [4.69, 9.17) is 4.74 Å². The van der Waals surface area contributed by atoms with Gasteiger partial charge in [-0.05, 0) is 49.9 Å². The van der Waals surface area contributed by atoms with Crippen LogP contribution < -0.4 is 9.80 Å². The highest BCUT2D eigenvalue weighted by atomic mass is 19.1. The Hall–Kier alpha value is -3.09. The van der Waals surface area contributed by atoms with Crippen molar-refractivity contribution < 1.29 is 18.7 Å². The van der Waals surface area contributed by atoms with Crippen LogP contribution in [-0.2, 0) is 20.7 Å². The zero-order chi connectivity index (χ0) is 23.7. The molecule has 3 aliphatic rings. The number of piperidine rings is 1. The Balaban J connectivity index is 1.37. The van der Waals surface area contributed by atoms with Crippen molar-refractivity contribution in [3.05, 3.63) is 59.9 Å². The van der Waals surface area contributed by atoms with Gasteiger partial charge in [-0.25, -0.2) is 4.39 Å². The second-order valence-electron chi connectivity index (χ2n) is 9.45. The molecule has 0 aliphatic carbocycles. The van der Waals surface area contributed by atoms with Crippen molar-refractivity contribution in [1.82, 2.24) is 4.90 Å². The Morgan fingerprint density at radius 1 is 0.971 bits per heavy atom. The van der Waals surface area contributed by atoms with Gasteiger partial charge < -0.3 is 19.4 Å². The van der Waals surface area contributed by atoms with E-state index in [1.54, 1.807) is 6.07 Å². The molecule has 34 heavy (non-hydrogen) atoms. The van der Waals surface area contributed by atoms with Gasteiger partial charge >= 0.3 is 5.97 Å². The average molecular weight is 466 g/mol. The Morgan fingerprint density at radius 2 is 1.68 bits per heavy atom. The van der Waals surface area contributed by atoms with Gasteiger partial charge in [-0.2, -0.15) is 0 Å². The lowest BCUT2D eigenvalue weighted by Gasteiger charge is -2.50. The first kappa shape index (κ1) is 22.7. The Kier molecular flexibility index (Phi) is 6.44. The molecule has 0 N–H and O–H groups in total. The molecule has 0 unspecified atom stereocenters. The van der Waals surface area contributed by atoms with Gasteiger partial charge in [0.1, 0.15) is 5.82 Å². The molecule has 1 amide bonds. The van der Waals surface area contributed by atoms with E-state index >= 15 is 0 Å². The van der Waals surface area contributed by atoms with Crippen LogP contribution in [-0.4, -0.2) is 62.1 Å². The average Bonchev–Trinajstić information content (AvgIpc) is 2.88. The molecule has 0 saturated carbocycles. The number of nitrogens with zero attached hydrogens (tertiary/aromatic N) is 3. The van der Waals surface area contributed by atoms with Crippen LogP contribution >= 0.6 is 0 Å². The largest absolute Gasteiger partial charge is 0.466 e. The molecule has 3 aliphatic heterocycles. The smallest absolute Gasteiger partial charge is 0.309 e. The Labute approximate surface area is 200 Å². The molecule has 5 rings (SSSR count). The number of rotatable bonds is 4. The predicted octanol–water partition coefficient (Wildman–Crippen LogP) is 3.49. The number of amides is 1. The van der Waals surface area contributed by atoms with Crippen molar-refractivity contribution in [2.75, 3.05) is 49.1 Å². The summed E-state index contributed by atoms with van der Waals surface area (Å²) >= 11 is 0. The summed E-state index contributed by atoms with van der Waals surface area (Å²) in [5.41, 5.74) is 2.98. The number of benzene rings is 2. The van der Waals surface area contributed by atoms with Gasteiger partial charge in [0.15, 0.2) is 0 Å². The van der Waals surface area contributed by atoms with Crippen LogP contribution in [0.25, 0.3) is 0 Å². The number of halogens is 1. The molecule has 2 aromatic rings. The van der Waals surface area contributed by atoms with E-state index in [-0.39, 0.29) is 35.6 Å². The summed E-state index contributed by atoms with van der Waals surface area (Å²) in [6.45, 7) is 5.40. The normalized spacial score (nSPS) is 22.7. The monoisotopic (exact) mass is 465 g/mol. The Morgan fingerprint density at radius 3 is 2.41 bits per heavy atom. The van der Waals surface area contributed by atoms with E-state index in [2.05, 4.69) is 21.9 Å². The first-order valence-electron chi connectivity index (χ1n) is 12.4. The lowest BCUT2D eigenvalue weighted by Crippen LogP contribution is -2.62. The number of esters is 1. The summed E-state index contributed by atoms with van der Waals surface area (Å²) in [4.78, 5) is 32.3. The summed E-state index contributed by atoms with van der Waals surface area (Å²) < 4.78 is 19.8. The van der Waals surface area contributed by atoms with Crippen LogP contribution in [0.15, 0.2) is 48.5 Å². The van der Waals surface area contributed by atoms with Crippen molar-refractivity contribution in [1.29, 1.82) is 0 Å². The fourth-order valence-corrected chi connectivity index (χ4v) is 5.80. The van der Waals surface area contributed by atoms with Gasteiger partial charge in [-0.15, -0.1) is 0 Å². The number of para-hydroxylation sites is 2. The van der Waals surface area contributed by atoms with Crippen LogP contribution in [0.2, 0.25) is 0 Å². The molecule has 2 atom stereocenters. The minimum Gasteiger partial charge on any atom is -0.466 e. The van der Waals surface area contributed by atoms with Crippen molar-refractivity contribution in [2.24, 2.45) is 11.8 Å². The molecule has 2 aromatic carbocycles. The topological polar surface area (TPSA) is 53.1 Å². The number of anilines is 2. The maximum absolute atomic E-state index is 14.6. The first-order chi connectivity index (χ1) is 16.6. The highest BCUT2D eigenvalue weighted by Crippen LogP contribution is 2.38. The first-order valence-corrected chi connectivity index (χ1v) is 12.4. The van der Waals surface area contributed by atoms with E-state index in [1.807, 2.05) is 36.1 Å². The molecule has 0 spiro atoms. The van der Waals surface area contributed by atoms with Crippen molar-refractivity contribution in [3.63, 3.8) is 0 Å². The lowest BCUT2D eigenvalue weighted by molar-refractivity contribution is -0.152. The molecule has 0 bridgehead atoms. The highest BCUT2D eigenvalue weighted by Gasteiger charge is 2.43. The van der Waals surface area contributed by atoms with Crippen molar-refractivity contribution in [2.45, 2.75) is 32.2 Å². The zero-order valence-electron chi connectivity index (χ0n) is 19.7. The third kappa shape index (κ3) is 4.24. The van der Waals surface area contributed by atoms with E-state index in [0.29, 0.717) is 57.7 Å². The number of carbonyl (C=O) groups is 2. The molecule has 3 heterocycles. The van der Waals surface area contributed by atoms with Gasteiger partial charge in [0.2, 0.25) is 5.91 Å². The number of piperazine rings is 1. The quantitative estimate of drug-likeness (QED) is 0.647. The summed E-state index contributed by atoms with van der Waals surface area (Å²) in [5, 5.41) is 0. The van der Waals surface area contributed by atoms with Crippen LogP contribution in [0.5, 0.6) is 0 Å². The van der Waals surface area contributed by atoms with Gasteiger partial charge in [0.05, 0.1) is 30.2 Å². The van der Waals surface area contributed by atoms with E-state index in [0.717, 1.165) is 6.54 Å². The minimum absolute atomic E-state index is 0.0291. The van der Waals surface area contributed by atoms with Gasteiger partial charge in [-0.3, -0.25) is 9.59 Å². The molecule has 0 aromatic heterocycles. The molecule has 0 radical (unpaired) electrons. The molecule has 2 fully saturated rings. The number of fused-ring (bicyclic) bond motifs is 3. The summed E-state index contributed by atoms with van der Waals surface area (Å²) in [6.07, 6.45) is 1.96. The maximum Gasteiger partial charge on any atom is 0.309 e. The van der Waals surface area contributed by atoms with Crippen LogP contribution in [0, 0.1) is 17.7 Å². The summed E-state index contributed by atoms with van der Waals surface area (Å²) in [6, 6.07) is 15.2. The molecular formula is C27H32FN3O3. The van der Waals surface area contributed by atoms with Gasteiger partial charge in [-0.1, -0.05) is 30.3 Å². The minimum atomic E-state index is -0.226. The summed E-state index contributed by atoms with van der Waals surface area (Å²) in [7, 11) is 0. The van der Waals surface area contributed by atoms with Gasteiger partial charge in [0, 0.05) is 38.4 Å². The van der Waals surface area contributed by atoms with E-state index in [9.17, 15) is 14.0 Å². The number of hydrogen-bond donors (Lipinski definition) is 0. The fraction of sp³-hybridized carbons (Fsp3) is 0.481. The van der Waals surface area contributed by atoms with Gasteiger partial charge in [0.25, 0.3) is 0 Å². The Bertz CT molecular complexity index is 1050. The summed E-state index contributed by atoms with van der Waals surface area (Å²) in [5.74, 6) is -0.569. The van der Waals surface area contributed by atoms with Crippen molar-refractivity contribution >= 4 is 23.3 Å². The van der Waals surface area contributed by atoms with Crippen LogP contribution in [0.3, 0.4) is 0 Å². The third-order valence-electron chi connectivity index (χ3n) is 7.56. The third-order valence-corrected chi connectivity index (χ3v) is 7.56. The highest BCUT2D eigenvalue weighted by molar-refractivity contribution is 5.83. The second-order valence-corrected chi connectivity index (χ2v) is 9.45. The number of ether oxygens (including phenoxy) is 1. The SMILES string of the molecule is CCOC(=O)C1CCN(C(=O)[C@@H]2Cc3ccccc3N3CCN(c4ccccc4F)C[C@H]23)CC1. The molecular weight excluding hydrogens is 433 g/mol. The molecule has 6 nitrogen and oxygen atoms in total. The molecule has 7 heteroatoms. The predicted molar refractivity (Wildman–Crippen MR) is 129 cm³/mol. The lowest BCUT2D eigenvalue weighted by atomic mass is 9.82. The number of hydrogen-bond acceptors (Lipinski definition) is 5. The molecule has 180 valence electrons. The standard InChI is InChI=1S/C27H32FN3O3/c1-2-34-27(33)19-11-13-29(14-12-19)26(32)21-17-20-7-3-5-9-23(20)31-16-15-30(18-25(21)31)24-10-6-4-8-22(24)28/h3-10,19,21,25H,2,11-18H2,1H3/t21-,25-/m1/s1. The van der Waals surface area contributed by atoms with Crippen molar-refractivity contribution in [3.8, 4) is 0 Å². The fourth-order valence-electron chi connectivity index (χ4n) is 5.80. The van der Waals surface area contributed by atoms with E-state index in [1.165, 1.54) is 17.3 Å². The number of likely N-dealkylation sites (tertiary alicyclic amines) is 1. The van der Waals surface area contributed by atoms with Crippen LogP contribution in [0.1, 0.15) is 25.3 Å².